The van der Waals surface area contributed by atoms with E-state index in [4.69, 9.17) is 9.31 Å². The monoisotopic (exact) mass is 206 g/mol. The topological polar surface area (TPSA) is 61.6 Å². The quantitative estimate of drug-likeness (QED) is 0.301. The zero-order valence-corrected chi connectivity index (χ0v) is 7.96. The second-order valence-corrected chi connectivity index (χ2v) is 3.19. The zero-order chi connectivity index (χ0) is 10.7. The summed E-state index contributed by atoms with van der Waals surface area (Å²) in [5, 5.41) is 10.4. The van der Waals surface area contributed by atoms with Gasteiger partial charge in [0.15, 0.2) is 0 Å². The van der Waals surface area contributed by atoms with Crippen molar-refractivity contribution in [2.24, 2.45) is 0 Å². The van der Waals surface area contributed by atoms with Crippen LogP contribution in [-0.2, 0) is 9.31 Å². The van der Waals surface area contributed by atoms with Crippen LogP contribution in [0, 0.1) is 16.2 Å². The molecule has 0 unspecified atom stereocenters. The predicted molar refractivity (Wildman–Crippen MR) is 54.0 cm³/mol. The first-order valence-electron chi connectivity index (χ1n) is 4.54. The molecule has 1 aliphatic rings. The number of hydrogen-bond donors (Lipinski definition) is 0. The summed E-state index contributed by atoms with van der Waals surface area (Å²) < 4.78 is 10.5. The minimum atomic E-state index is -0.491. The van der Waals surface area contributed by atoms with Crippen molar-refractivity contribution in [1.29, 1.82) is 0 Å². The molecule has 0 bridgehead atoms. The Morgan fingerprint density at radius 3 is 2.40 bits per heavy atom. The van der Waals surface area contributed by atoms with E-state index >= 15 is 0 Å². The number of nitrogens with zero attached hydrogens (tertiary/aromatic N) is 1. The Bertz CT molecular complexity index is 337. The van der Waals surface area contributed by atoms with Crippen LogP contribution in [0.2, 0.25) is 0 Å². The lowest BCUT2D eigenvalue weighted by atomic mass is 9.78. The molecule has 0 atom stereocenters. The molecule has 78 valence electrons. The third-order valence-electron chi connectivity index (χ3n) is 2.13. The van der Waals surface area contributed by atoms with Gasteiger partial charge in [-0.05, 0) is 18.7 Å². The van der Waals surface area contributed by atoms with Gasteiger partial charge in [-0.15, -0.1) is 4.92 Å². The molecule has 1 fully saturated rings. The summed E-state index contributed by atoms with van der Waals surface area (Å²) in [4.78, 5) is 9.95. The van der Waals surface area contributed by atoms with Crippen molar-refractivity contribution in [3.63, 3.8) is 0 Å². The maximum absolute atomic E-state index is 10.4. The molecule has 0 amide bonds. The van der Waals surface area contributed by atoms with Gasteiger partial charge in [0.2, 0.25) is 0 Å². The van der Waals surface area contributed by atoms with Gasteiger partial charge in [-0.25, -0.2) is 0 Å². The summed E-state index contributed by atoms with van der Waals surface area (Å²) in [7, 11) is -0.491. The van der Waals surface area contributed by atoms with Crippen molar-refractivity contribution in [3.8, 4) is 0 Å². The standard InChI is InChI=1S/C9H9BNO4/c12-11(13)9-6-14-10(15-7-9)8-4-2-1-3-5-8/h1-5H,6-7H2/q-1. The lowest BCUT2D eigenvalue weighted by Crippen LogP contribution is -2.45. The Balaban J connectivity index is 1.97. The molecule has 0 spiro atoms. The van der Waals surface area contributed by atoms with E-state index in [9.17, 15) is 10.1 Å². The predicted octanol–water partition coefficient (Wildman–Crippen LogP) is 0.237. The Hall–Kier alpha value is -1.53. The van der Waals surface area contributed by atoms with Gasteiger partial charge in [0.25, 0.3) is 0 Å². The van der Waals surface area contributed by atoms with Crippen LogP contribution in [0.15, 0.2) is 30.3 Å². The van der Waals surface area contributed by atoms with Gasteiger partial charge in [0.05, 0.1) is 0 Å². The van der Waals surface area contributed by atoms with Gasteiger partial charge in [-0.2, -0.15) is 0 Å². The summed E-state index contributed by atoms with van der Waals surface area (Å²) >= 11 is 0. The van der Waals surface area contributed by atoms with Crippen LogP contribution in [0.1, 0.15) is 0 Å². The number of rotatable bonds is 2. The van der Waals surface area contributed by atoms with Crippen molar-refractivity contribution in [3.05, 3.63) is 46.5 Å². The third-order valence-corrected chi connectivity index (χ3v) is 2.13. The first-order chi connectivity index (χ1) is 7.27. The molecule has 5 nitrogen and oxygen atoms in total. The molecule has 6 heteroatoms. The van der Waals surface area contributed by atoms with Crippen LogP contribution in [0.3, 0.4) is 0 Å². The van der Waals surface area contributed by atoms with Crippen LogP contribution < -0.4 is 5.46 Å². The lowest BCUT2D eigenvalue weighted by Gasteiger charge is -2.30. The summed E-state index contributed by atoms with van der Waals surface area (Å²) in [6.07, 6.45) is 0. The van der Waals surface area contributed by atoms with Crippen molar-refractivity contribution < 1.29 is 14.2 Å². The van der Waals surface area contributed by atoms with E-state index in [1.54, 1.807) is 0 Å². The van der Waals surface area contributed by atoms with E-state index in [0.29, 0.717) is 0 Å². The molecule has 0 N–H and O–H groups in total. The molecule has 1 saturated heterocycles. The number of benzene rings is 1. The van der Waals surface area contributed by atoms with Gasteiger partial charge < -0.3 is 9.31 Å². The Labute approximate surface area is 87.3 Å². The van der Waals surface area contributed by atoms with Crippen LogP contribution in [-0.4, -0.2) is 25.3 Å². The van der Waals surface area contributed by atoms with E-state index in [1.807, 2.05) is 30.3 Å². The zero-order valence-electron chi connectivity index (χ0n) is 7.96. The van der Waals surface area contributed by atoms with Crippen LogP contribution in [0.4, 0.5) is 0 Å². The van der Waals surface area contributed by atoms with Gasteiger partial charge in [-0.1, -0.05) is 30.3 Å². The molecular formula is C9H9BNO4-. The van der Waals surface area contributed by atoms with E-state index in [2.05, 4.69) is 0 Å². The Morgan fingerprint density at radius 1 is 1.27 bits per heavy atom. The highest BCUT2D eigenvalue weighted by Crippen LogP contribution is 2.11. The third kappa shape index (κ3) is 2.29. The number of nitro groups is 1. The highest BCUT2D eigenvalue weighted by atomic mass is 16.7. The Morgan fingerprint density at radius 2 is 1.87 bits per heavy atom. The molecule has 15 heavy (non-hydrogen) atoms. The van der Waals surface area contributed by atoms with Crippen molar-refractivity contribution in [2.45, 2.75) is 0 Å². The highest BCUT2D eigenvalue weighted by molar-refractivity contribution is 6.61. The SMILES string of the molecule is O=[N+]([O-])[C-]1COB(c2ccccc2)OC1. The highest BCUT2D eigenvalue weighted by Gasteiger charge is 2.26. The van der Waals surface area contributed by atoms with Crippen molar-refractivity contribution in [1.82, 2.24) is 0 Å². The van der Waals surface area contributed by atoms with Crippen LogP contribution in [0.25, 0.3) is 0 Å². The fourth-order valence-corrected chi connectivity index (χ4v) is 1.34. The largest absolute Gasteiger partial charge is 0.489 e. The van der Waals surface area contributed by atoms with Crippen LogP contribution >= 0.6 is 0 Å². The molecule has 1 aliphatic heterocycles. The average Bonchev–Trinajstić information content (AvgIpc) is 2.30. The minimum Gasteiger partial charge on any atom is -0.431 e. The number of hydrogen-bond acceptors (Lipinski definition) is 4. The molecule has 0 radical (unpaired) electrons. The van der Waals surface area contributed by atoms with Crippen molar-refractivity contribution >= 4 is 12.6 Å². The van der Waals surface area contributed by atoms with Crippen molar-refractivity contribution in [2.75, 3.05) is 13.2 Å². The van der Waals surface area contributed by atoms with E-state index in [0.717, 1.165) is 5.46 Å². The second-order valence-electron chi connectivity index (χ2n) is 3.19. The van der Waals surface area contributed by atoms with Gasteiger partial charge in [0.1, 0.15) is 0 Å². The summed E-state index contributed by atoms with van der Waals surface area (Å²) in [5.41, 5.74) is 0.875. The summed E-state index contributed by atoms with van der Waals surface area (Å²) in [6, 6.07) is 9.41. The maximum Gasteiger partial charge on any atom is 0.489 e. The van der Waals surface area contributed by atoms with Gasteiger partial charge in [0, 0.05) is 6.04 Å². The van der Waals surface area contributed by atoms with Crippen LogP contribution in [0.5, 0.6) is 0 Å². The smallest absolute Gasteiger partial charge is 0.431 e. The molecule has 1 aromatic rings. The first kappa shape index (κ1) is 10.0. The molecule has 0 aromatic heterocycles. The summed E-state index contributed by atoms with van der Waals surface area (Å²) in [5.74, 6) is 0. The lowest BCUT2D eigenvalue weighted by molar-refractivity contribution is -0.475. The molecule has 2 rings (SSSR count). The Kier molecular flexibility index (Phi) is 2.89. The minimum absolute atomic E-state index is 0.0204. The molecular weight excluding hydrogens is 197 g/mol. The van der Waals surface area contributed by atoms with E-state index < -0.39 is 12.0 Å². The van der Waals surface area contributed by atoms with Gasteiger partial charge in [-0.3, -0.25) is 10.1 Å². The molecule has 1 heterocycles. The maximum atomic E-state index is 10.4. The van der Waals surface area contributed by atoms with E-state index in [1.165, 1.54) is 0 Å². The second kappa shape index (κ2) is 4.33. The van der Waals surface area contributed by atoms with Gasteiger partial charge >= 0.3 is 7.12 Å². The fourth-order valence-electron chi connectivity index (χ4n) is 1.34. The normalized spacial score (nSPS) is 16.5. The fraction of sp³-hybridized carbons (Fsp3) is 0.222. The average molecular weight is 206 g/mol. The van der Waals surface area contributed by atoms with E-state index in [-0.39, 0.29) is 19.3 Å². The summed E-state index contributed by atoms with van der Waals surface area (Å²) in [6.45, 7) is 0.0408. The molecule has 1 aromatic carbocycles. The molecule has 0 saturated carbocycles. The molecule has 0 aliphatic carbocycles. The first-order valence-corrected chi connectivity index (χ1v) is 4.54.